The van der Waals surface area contributed by atoms with E-state index in [1.165, 1.54) is 35.5 Å². The summed E-state index contributed by atoms with van der Waals surface area (Å²) in [5.41, 5.74) is 2.47. The Morgan fingerprint density at radius 2 is 1.92 bits per heavy atom. The van der Waals surface area contributed by atoms with E-state index in [0.29, 0.717) is 21.4 Å². The maximum absolute atomic E-state index is 12.1. The number of carboxylic acids is 1. The molecule has 0 bridgehead atoms. The Bertz CT molecular complexity index is 843. The van der Waals surface area contributed by atoms with Crippen molar-refractivity contribution in [2.24, 2.45) is 0 Å². The summed E-state index contributed by atoms with van der Waals surface area (Å²) in [6.45, 7) is 0. The average molecular weight is 376 g/mol. The molecule has 0 fully saturated rings. The second-order valence-corrected chi connectivity index (χ2v) is 7.03. The van der Waals surface area contributed by atoms with Crippen molar-refractivity contribution in [2.75, 3.05) is 17.7 Å². The van der Waals surface area contributed by atoms with E-state index in [1.54, 1.807) is 12.1 Å². The van der Waals surface area contributed by atoms with Crippen molar-refractivity contribution >= 4 is 51.3 Å². The number of thiocarbonyl (C=S) groups is 1. The van der Waals surface area contributed by atoms with Gasteiger partial charge in [0.05, 0.1) is 18.2 Å². The molecule has 2 aromatic rings. The smallest absolute Gasteiger partial charge is 0.341 e. The van der Waals surface area contributed by atoms with Crippen molar-refractivity contribution in [1.82, 2.24) is 0 Å². The van der Waals surface area contributed by atoms with Gasteiger partial charge in [-0.2, -0.15) is 0 Å². The van der Waals surface area contributed by atoms with Crippen LogP contribution in [-0.2, 0) is 17.6 Å². The van der Waals surface area contributed by atoms with Gasteiger partial charge in [0.15, 0.2) is 5.11 Å². The minimum atomic E-state index is -0.983. The van der Waals surface area contributed by atoms with Gasteiger partial charge >= 0.3 is 11.9 Å². The molecule has 1 aliphatic rings. The monoisotopic (exact) mass is 376 g/mol. The van der Waals surface area contributed by atoms with E-state index in [1.807, 2.05) is 0 Å². The molecule has 3 N–H and O–H groups in total. The highest BCUT2D eigenvalue weighted by molar-refractivity contribution is 7.80. The Kier molecular flexibility index (Phi) is 5.00. The molecule has 130 valence electrons. The van der Waals surface area contributed by atoms with Gasteiger partial charge in [0, 0.05) is 10.6 Å². The minimum absolute atomic E-state index is 0.201. The molecule has 0 atom stereocenters. The number of ether oxygens (including phenoxy) is 1. The van der Waals surface area contributed by atoms with Crippen molar-refractivity contribution in [3.63, 3.8) is 0 Å². The molecule has 0 saturated carbocycles. The van der Waals surface area contributed by atoms with E-state index in [4.69, 9.17) is 22.1 Å². The molecule has 1 aliphatic carbocycles. The first-order chi connectivity index (χ1) is 12.0. The highest BCUT2D eigenvalue weighted by atomic mass is 32.1. The molecule has 0 amide bonds. The number of fused-ring (bicyclic) bond motifs is 1. The molecule has 3 rings (SSSR count). The molecule has 0 radical (unpaired) electrons. The van der Waals surface area contributed by atoms with Crippen LogP contribution in [-0.4, -0.2) is 29.3 Å². The predicted molar refractivity (Wildman–Crippen MR) is 101 cm³/mol. The van der Waals surface area contributed by atoms with Crippen LogP contribution in [0, 0.1) is 0 Å². The number of carbonyl (C=O) groups is 2. The molecule has 25 heavy (non-hydrogen) atoms. The lowest BCUT2D eigenvalue weighted by Crippen LogP contribution is -2.20. The van der Waals surface area contributed by atoms with Gasteiger partial charge in [-0.25, -0.2) is 9.59 Å². The van der Waals surface area contributed by atoms with Crippen molar-refractivity contribution < 1.29 is 19.4 Å². The number of rotatable bonds is 4. The van der Waals surface area contributed by atoms with Crippen LogP contribution in [0.3, 0.4) is 0 Å². The molecule has 0 aliphatic heterocycles. The van der Waals surface area contributed by atoms with Gasteiger partial charge in [0.1, 0.15) is 5.00 Å². The number of thiophene rings is 1. The summed E-state index contributed by atoms with van der Waals surface area (Å²) in [5, 5.41) is 16.0. The Balaban J connectivity index is 1.75. The fourth-order valence-corrected chi connectivity index (χ4v) is 4.34. The molecule has 1 aromatic heterocycles. The molecule has 0 saturated heterocycles. The van der Waals surface area contributed by atoms with Gasteiger partial charge in [0.2, 0.25) is 0 Å². The minimum Gasteiger partial charge on any atom is -0.478 e. The fourth-order valence-electron chi connectivity index (χ4n) is 2.77. The number of aromatic carboxylic acids is 1. The summed E-state index contributed by atoms with van der Waals surface area (Å²) in [6, 6.07) is 6.25. The Hall–Kier alpha value is -2.45. The van der Waals surface area contributed by atoms with E-state index >= 15 is 0 Å². The van der Waals surface area contributed by atoms with Crippen LogP contribution < -0.4 is 10.6 Å². The first kappa shape index (κ1) is 17.4. The molecule has 8 heteroatoms. The van der Waals surface area contributed by atoms with Crippen molar-refractivity contribution in [3.8, 4) is 0 Å². The molecule has 1 heterocycles. The van der Waals surface area contributed by atoms with Crippen molar-refractivity contribution in [3.05, 3.63) is 45.8 Å². The number of benzene rings is 1. The number of hydrogen-bond acceptors (Lipinski definition) is 5. The Morgan fingerprint density at radius 1 is 1.20 bits per heavy atom. The largest absolute Gasteiger partial charge is 0.478 e. The fraction of sp³-hybridized carbons (Fsp3) is 0.235. The van der Waals surface area contributed by atoms with Gasteiger partial charge < -0.3 is 20.5 Å². The summed E-state index contributed by atoms with van der Waals surface area (Å²) in [4.78, 5) is 24.2. The lowest BCUT2D eigenvalue weighted by atomic mass is 10.1. The van der Waals surface area contributed by atoms with E-state index in [2.05, 4.69) is 10.6 Å². The maximum Gasteiger partial charge on any atom is 0.341 e. The first-order valence-corrected chi connectivity index (χ1v) is 8.86. The van der Waals surface area contributed by atoms with Gasteiger partial charge in [-0.15, -0.1) is 11.3 Å². The van der Waals surface area contributed by atoms with Crippen LogP contribution in [0.4, 0.5) is 10.7 Å². The normalized spacial score (nSPS) is 12.4. The number of aryl methyl sites for hydroxylation is 1. The lowest BCUT2D eigenvalue weighted by molar-refractivity contribution is 0.0600. The predicted octanol–water partition coefficient (Wildman–Crippen LogP) is 3.53. The van der Waals surface area contributed by atoms with Gasteiger partial charge in [-0.3, -0.25) is 0 Å². The zero-order valence-corrected chi connectivity index (χ0v) is 15.1. The highest BCUT2D eigenvalue weighted by Crippen LogP contribution is 2.39. The molecule has 0 spiro atoms. The third-order valence-corrected chi connectivity index (χ3v) is 5.34. The standard InChI is InChI=1S/C17H16N2O4S2/c1-23-16(22)13-11-3-2-4-12(11)25-14(13)19-17(24)18-10-7-5-9(6-8-10)15(20)21/h5-8H,2-4H2,1H3,(H,20,21)(H2,18,19,24). The quantitative estimate of drug-likeness (QED) is 0.556. The molecular formula is C17H16N2O4S2. The molecule has 0 unspecified atom stereocenters. The van der Waals surface area contributed by atoms with E-state index < -0.39 is 5.97 Å². The van der Waals surface area contributed by atoms with Crippen LogP contribution in [0.2, 0.25) is 0 Å². The zero-order chi connectivity index (χ0) is 18.0. The number of nitrogens with one attached hydrogen (secondary N) is 2. The SMILES string of the molecule is COC(=O)c1c(NC(=S)Nc2ccc(C(=O)O)cc2)sc2c1CCC2. The van der Waals surface area contributed by atoms with Gasteiger partial charge in [-0.1, -0.05) is 0 Å². The van der Waals surface area contributed by atoms with Crippen LogP contribution in [0.25, 0.3) is 0 Å². The summed E-state index contributed by atoms with van der Waals surface area (Å²) < 4.78 is 4.90. The second-order valence-electron chi connectivity index (χ2n) is 5.51. The number of hydrogen-bond donors (Lipinski definition) is 3. The zero-order valence-electron chi connectivity index (χ0n) is 13.4. The van der Waals surface area contributed by atoms with Gasteiger partial charge in [-0.05, 0) is 61.3 Å². The Labute approximate surface area is 153 Å². The number of carboxylic acid groups (broad SMARTS) is 1. The van der Waals surface area contributed by atoms with Crippen LogP contribution in [0.1, 0.15) is 37.6 Å². The number of carbonyl (C=O) groups excluding carboxylic acids is 1. The van der Waals surface area contributed by atoms with E-state index in [9.17, 15) is 9.59 Å². The van der Waals surface area contributed by atoms with Gasteiger partial charge in [0.25, 0.3) is 0 Å². The van der Waals surface area contributed by atoms with Crippen LogP contribution in [0.5, 0.6) is 0 Å². The maximum atomic E-state index is 12.1. The third-order valence-electron chi connectivity index (χ3n) is 3.93. The third kappa shape index (κ3) is 3.64. The number of anilines is 2. The van der Waals surface area contributed by atoms with Crippen LogP contribution in [0.15, 0.2) is 24.3 Å². The topological polar surface area (TPSA) is 87.7 Å². The second kappa shape index (κ2) is 7.20. The van der Waals surface area contributed by atoms with Crippen molar-refractivity contribution in [2.45, 2.75) is 19.3 Å². The summed E-state index contributed by atoms with van der Waals surface area (Å²) in [6.07, 6.45) is 2.88. The molecule has 6 nitrogen and oxygen atoms in total. The average Bonchev–Trinajstić information content (AvgIpc) is 3.15. The molecule has 1 aromatic carbocycles. The van der Waals surface area contributed by atoms with Crippen LogP contribution >= 0.6 is 23.6 Å². The number of methoxy groups -OCH3 is 1. The van der Waals surface area contributed by atoms with Crippen molar-refractivity contribution in [1.29, 1.82) is 0 Å². The van der Waals surface area contributed by atoms with E-state index in [-0.39, 0.29) is 11.5 Å². The van der Waals surface area contributed by atoms with E-state index in [0.717, 1.165) is 24.8 Å². The summed E-state index contributed by atoms with van der Waals surface area (Å²) in [7, 11) is 1.37. The molecular weight excluding hydrogens is 360 g/mol. The highest BCUT2D eigenvalue weighted by Gasteiger charge is 2.27. The first-order valence-electron chi connectivity index (χ1n) is 7.64. The lowest BCUT2D eigenvalue weighted by Gasteiger charge is -2.11. The summed E-state index contributed by atoms with van der Waals surface area (Å²) >= 11 is 6.83. The Morgan fingerprint density at radius 3 is 2.56 bits per heavy atom. The summed E-state index contributed by atoms with van der Waals surface area (Å²) in [5.74, 6) is -1.35. The number of esters is 1.